The van der Waals surface area contributed by atoms with E-state index < -0.39 is 11.6 Å². The summed E-state index contributed by atoms with van der Waals surface area (Å²) in [6.45, 7) is 2.11. The van der Waals surface area contributed by atoms with Crippen LogP contribution in [0.1, 0.15) is 22.6 Å². The van der Waals surface area contributed by atoms with Crippen molar-refractivity contribution < 1.29 is 13.3 Å². The monoisotopic (exact) mass is 263 g/mol. The van der Waals surface area contributed by atoms with Crippen LogP contribution in [-0.4, -0.2) is 5.16 Å². The first-order chi connectivity index (χ1) is 9.10. The van der Waals surface area contributed by atoms with E-state index in [4.69, 9.17) is 9.78 Å². The maximum Gasteiger partial charge on any atom is 0.133 e. The summed E-state index contributed by atoms with van der Waals surface area (Å²) in [5.74, 6) is -0.798. The average Bonchev–Trinajstić information content (AvgIpc) is 2.78. The number of nitriles is 1. The Labute approximate surface area is 108 Å². The molecule has 4 nitrogen and oxygen atoms in total. The minimum atomic E-state index is -0.736. The molecule has 1 N–H and O–H groups in total. The predicted molar refractivity (Wildman–Crippen MR) is 62.9 cm³/mol. The van der Waals surface area contributed by atoms with Gasteiger partial charge in [-0.15, -0.1) is 0 Å². The largest absolute Gasteiger partial charge is 0.361 e. The lowest BCUT2D eigenvalue weighted by molar-refractivity contribution is 0.388. The molecule has 2 aromatic rings. The van der Waals surface area contributed by atoms with Crippen molar-refractivity contribution in [3.63, 3.8) is 0 Å². The molecule has 0 radical (unpaired) electrons. The number of hydrogen-bond donors (Lipinski definition) is 1. The molecule has 0 saturated carbocycles. The molecule has 0 atom stereocenters. The molecular weight excluding hydrogens is 252 g/mol. The molecular formula is C13H11F2N3O. The third kappa shape index (κ3) is 3.14. The first-order valence-electron chi connectivity index (χ1n) is 5.61. The number of aryl methyl sites for hydroxylation is 1. The second-order valence-corrected chi connectivity index (χ2v) is 4.06. The van der Waals surface area contributed by atoms with Crippen molar-refractivity contribution in [1.29, 1.82) is 5.26 Å². The van der Waals surface area contributed by atoms with E-state index >= 15 is 0 Å². The summed E-state index contributed by atoms with van der Waals surface area (Å²) in [5, 5.41) is 15.2. The van der Waals surface area contributed by atoms with Crippen LogP contribution in [0.15, 0.2) is 22.7 Å². The highest BCUT2D eigenvalue weighted by Crippen LogP contribution is 2.15. The molecule has 98 valence electrons. The number of rotatable bonds is 4. The van der Waals surface area contributed by atoms with Gasteiger partial charge in [-0.05, 0) is 19.1 Å². The quantitative estimate of drug-likeness (QED) is 0.920. The highest BCUT2D eigenvalue weighted by atomic mass is 19.1. The summed E-state index contributed by atoms with van der Waals surface area (Å²) in [4.78, 5) is 0. The number of aromatic nitrogens is 1. The molecule has 0 unspecified atom stereocenters. The minimum absolute atomic E-state index is 0.00921. The van der Waals surface area contributed by atoms with Gasteiger partial charge in [0.25, 0.3) is 0 Å². The van der Waals surface area contributed by atoms with Gasteiger partial charge in [0.2, 0.25) is 0 Å². The summed E-state index contributed by atoms with van der Waals surface area (Å²) in [5.41, 5.74) is 0.525. The van der Waals surface area contributed by atoms with Gasteiger partial charge in [0.05, 0.1) is 17.3 Å². The summed E-state index contributed by atoms with van der Waals surface area (Å²) in [6, 6.07) is 5.46. The lowest BCUT2D eigenvalue weighted by atomic mass is 10.1. The normalized spacial score (nSPS) is 10.4. The topological polar surface area (TPSA) is 61.9 Å². The van der Waals surface area contributed by atoms with Gasteiger partial charge in [0, 0.05) is 24.7 Å². The highest BCUT2D eigenvalue weighted by Gasteiger charge is 2.11. The number of hydrogen-bond acceptors (Lipinski definition) is 4. The fourth-order valence-electron chi connectivity index (χ4n) is 1.65. The van der Waals surface area contributed by atoms with Crippen LogP contribution < -0.4 is 5.32 Å². The van der Waals surface area contributed by atoms with Crippen LogP contribution in [0.3, 0.4) is 0 Å². The van der Waals surface area contributed by atoms with E-state index in [1.807, 2.05) is 0 Å². The molecule has 0 bridgehead atoms. The second kappa shape index (κ2) is 5.59. The molecule has 2 rings (SSSR count). The zero-order valence-corrected chi connectivity index (χ0v) is 10.2. The van der Waals surface area contributed by atoms with Crippen molar-refractivity contribution >= 4 is 0 Å². The van der Waals surface area contributed by atoms with Crippen LogP contribution in [0.5, 0.6) is 0 Å². The Morgan fingerprint density at radius 3 is 2.47 bits per heavy atom. The smallest absolute Gasteiger partial charge is 0.133 e. The van der Waals surface area contributed by atoms with Crippen LogP contribution in [0.25, 0.3) is 0 Å². The van der Waals surface area contributed by atoms with E-state index in [9.17, 15) is 8.78 Å². The van der Waals surface area contributed by atoms with Gasteiger partial charge >= 0.3 is 0 Å². The molecule has 1 heterocycles. The lowest BCUT2D eigenvalue weighted by Gasteiger charge is -2.06. The number of benzene rings is 1. The van der Waals surface area contributed by atoms with Crippen LogP contribution in [0, 0.1) is 29.9 Å². The summed E-state index contributed by atoms with van der Waals surface area (Å²) in [6.07, 6.45) is 0. The van der Waals surface area contributed by atoms with Gasteiger partial charge in [-0.1, -0.05) is 5.16 Å². The fourth-order valence-corrected chi connectivity index (χ4v) is 1.65. The minimum Gasteiger partial charge on any atom is -0.361 e. The van der Waals surface area contributed by atoms with Gasteiger partial charge in [-0.2, -0.15) is 5.26 Å². The molecule has 1 aromatic carbocycles. The Morgan fingerprint density at radius 2 is 1.95 bits per heavy atom. The maximum atomic E-state index is 13.6. The van der Waals surface area contributed by atoms with Crippen molar-refractivity contribution in [3.8, 4) is 6.07 Å². The predicted octanol–water partition coefficient (Wildman–Crippen LogP) is 2.42. The Balaban J connectivity index is 2.02. The molecule has 0 amide bonds. The molecule has 6 heteroatoms. The Hall–Kier alpha value is -2.26. The maximum absolute atomic E-state index is 13.6. The fraction of sp³-hybridized carbons (Fsp3) is 0.231. The summed E-state index contributed by atoms with van der Waals surface area (Å²) < 4.78 is 32.0. The van der Waals surface area contributed by atoms with Gasteiger partial charge in [0.1, 0.15) is 17.4 Å². The summed E-state index contributed by atoms with van der Waals surface area (Å²) in [7, 11) is 0. The molecule has 0 aliphatic rings. The van der Waals surface area contributed by atoms with Crippen LogP contribution in [-0.2, 0) is 13.1 Å². The zero-order valence-electron chi connectivity index (χ0n) is 10.2. The molecule has 0 spiro atoms. The van der Waals surface area contributed by atoms with Crippen LogP contribution >= 0.6 is 0 Å². The first kappa shape index (κ1) is 13.2. The molecule has 0 fully saturated rings. The Bertz CT molecular complexity index is 608. The molecule has 0 aliphatic heterocycles. The molecule has 0 saturated heterocycles. The van der Waals surface area contributed by atoms with Gasteiger partial charge in [-0.25, -0.2) is 8.78 Å². The standard InChI is InChI=1S/C13H11F2N3O/c1-8-2-10(18-19-8)6-17-7-11-12(14)3-9(5-16)4-13(11)15/h2-4,17H,6-7H2,1H3. The highest BCUT2D eigenvalue weighted by molar-refractivity contribution is 5.34. The number of nitrogens with zero attached hydrogens (tertiary/aromatic N) is 2. The average molecular weight is 263 g/mol. The molecule has 19 heavy (non-hydrogen) atoms. The van der Waals surface area contributed by atoms with E-state index in [2.05, 4.69) is 10.5 Å². The van der Waals surface area contributed by atoms with Crippen LogP contribution in [0.4, 0.5) is 8.78 Å². The SMILES string of the molecule is Cc1cc(CNCc2c(F)cc(C#N)cc2F)no1. The lowest BCUT2D eigenvalue weighted by Crippen LogP contribution is -2.15. The number of nitrogens with one attached hydrogen (secondary N) is 1. The van der Waals surface area contributed by atoms with Gasteiger partial charge in [0.15, 0.2) is 0 Å². The zero-order chi connectivity index (χ0) is 13.8. The Morgan fingerprint density at radius 1 is 1.26 bits per heavy atom. The molecule has 1 aromatic heterocycles. The second-order valence-electron chi connectivity index (χ2n) is 4.06. The van der Waals surface area contributed by atoms with Crippen LogP contribution in [0.2, 0.25) is 0 Å². The van der Waals surface area contributed by atoms with E-state index in [1.165, 1.54) is 0 Å². The van der Waals surface area contributed by atoms with Crippen molar-refractivity contribution in [2.24, 2.45) is 0 Å². The van der Waals surface area contributed by atoms with Gasteiger partial charge in [-0.3, -0.25) is 0 Å². The van der Waals surface area contributed by atoms with Crippen molar-refractivity contribution in [1.82, 2.24) is 10.5 Å². The third-order valence-electron chi connectivity index (χ3n) is 2.55. The van der Waals surface area contributed by atoms with E-state index in [1.54, 1.807) is 19.1 Å². The summed E-state index contributed by atoms with van der Waals surface area (Å²) >= 11 is 0. The van der Waals surface area contributed by atoms with Crippen molar-refractivity contribution in [2.75, 3.05) is 0 Å². The van der Waals surface area contributed by atoms with Gasteiger partial charge < -0.3 is 9.84 Å². The Kier molecular flexibility index (Phi) is 3.88. The number of halogens is 2. The third-order valence-corrected chi connectivity index (χ3v) is 2.55. The molecule has 0 aliphatic carbocycles. The van der Waals surface area contributed by atoms with Crippen molar-refractivity contribution in [2.45, 2.75) is 20.0 Å². The van der Waals surface area contributed by atoms with Crippen molar-refractivity contribution in [3.05, 3.63) is 52.4 Å². The van der Waals surface area contributed by atoms with E-state index in [0.717, 1.165) is 12.1 Å². The van der Waals surface area contributed by atoms with E-state index in [-0.39, 0.29) is 17.7 Å². The van der Waals surface area contributed by atoms with E-state index in [0.29, 0.717) is 18.0 Å². The first-order valence-corrected chi connectivity index (χ1v) is 5.61.